The number of ether oxygens (including phenoxy) is 3. The van der Waals surface area contributed by atoms with Gasteiger partial charge in [0.2, 0.25) is 0 Å². The number of carboxylic acid groups (broad SMARTS) is 1. The van der Waals surface area contributed by atoms with Crippen LogP contribution in [0.15, 0.2) is 0 Å². The first-order valence-electron chi connectivity index (χ1n) is 7.04. The first-order valence-corrected chi connectivity index (χ1v) is 7.04. The van der Waals surface area contributed by atoms with Crippen molar-refractivity contribution in [1.29, 1.82) is 0 Å². The molecular weight excluding hydrogens is 280 g/mol. The molecule has 1 rings (SSSR count). The number of methoxy groups -OCH3 is 1. The molecule has 21 heavy (non-hydrogen) atoms. The third-order valence-corrected chi connectivity index (χ3v) is 3.28. The number of urea groups is 1. The lowest BCUT2D eigenvalue weighted by molar-refractivity contribution is -0.148. The molecule has 0 radical (unpaired) electrons. The van der Waals surface area contributed by atoms with Crippen LogP contribution in [0.4, 0.5) is 4.79 Å². The minimum absolute atomic E-state index is 0.267. The second-order valence-corrected chi connectivity index (χ2v) is 4.84. The van der Waals surface area contributed by atoms with Crippen molar-refractivity contribution in [1.82, 2.24) is 10.6 Å². The van der Waals surface area contributed by atoms with Crippen LogP contribution >= 0.6 is 0 Å². The largest absolute Gasteiger partial charge is 0.480 e. The standard InChI is InChI=1S/C13H24N2O6/c1-19-6-2-7-20-10-5-14-12(18)15-13(11(16)17)3-8-21-9-4-13/h2-10H2,1H3,(H,16,17)(H2,14,15,18). The van der Waals surface area contributed by atoms with Crippen LogP contribution in [0.2, 0.25) is 0 Å². The number of rotatable bonds is 9. The van der Waals surface area contributed by atoms with Crippen molar-refractivity contribution in [3.05, 3.63) is 0 Å². The second-order valence-electron chi connectivity index (χ2n) is 4.84. The highest BCUT2D eigenvalue weighted by molar-refractivity contribution is 5.86. The fourth-order valence-electron chi connectivity index (χ4n) is 2.02. The zero-order valence-corrected chi connectivity index (χ0v) is 12.4. The number of hydrogen-bond donors (Lipinski definition) is 3. The van der Waals surface area contributed by atoms with Gasteiger partial charge in [-0.2, -0.15) is 0 Å². The molecule has 0 aromatic rings. The Hall–Kier alpha value is -1.38. The van der Waals surface area contributed by atoms with Crippen molar-refractivity contribution in [3.63, 3.8) is 0 Å². The first-order chi connectivity index (χ1) is 10.1. The lowest BCUT2D eigenvalue weighted by Gasteiger charge is -2.33. The van der Waals surface area contributed by atoms with Crippen molar-refractivity contribution in [3.8, 4) is 0 Å². The zero-order chi connectivity index (χ0) is 15.6. The predicted octanol–water partition coefficient (Wildman–Crippen LogP) is -0.0275. The molecule has 1 heterocycles. The van der Waals surface area contributed by atoms with Crippen LogP contribution in [0.5, 0.6) is 0 Å². The maximum absolute atomic E-state index is 11.8. The van der Waals surface area contributed by atoms with E-state index in [2.05, 4.69) is 10.6 Å². The average Bonchev–Trinajstić information content (AvgIpc) is 2.47. The maximum atomic E-state index is 11.8. The average molecular weight is 304 g/mol. The second kappa shape index (κ2) is 9.54. The summed E-state index contributed by atoms with van der Waals surface area (Å²) in [6.07, 6.45) is 1.33. The number of hydrogen-bond acceptors (Lipinski definition) is 5. The van der Waals surface area contributed by atoms with Gasteiger partial charge in [0.1, 0.15) is 5.54 Å². The normalized spacial score (nSPS) is 17.2. The number of amides is 2. The molecule has 2 amide bonds. The Balaban J connectivity index is 2.21. The Kier molecular flexibility index (Phi) is 8.03. The summed E-state index contributed by atoms with van der Waals surface area (Å²) in [5.41, 5.74) is -1.23. The monoisotopic (exact) mass is 304 g/mol. The van der Waals surface area contributed by atoms with Gasteiger partial charge in [-0.25, -0.2) is 9.59 Å². The fraction of sp³-hybridized carbons (Fsp3) is 0.846. The molecular formula is C13H24N2O6. The summed E-state index contributed by atoms with van der Waals surface area (Å²) in [7, 11) is 1.63. The molecule has 0 unspecified atom stereocenters. The smallest absolute Gasteiger partial charge is 0.329 e. The molecule has 122 valence electrons. The molecule has 0 aliphatic carbocycles. The number of nitrogens with one attached hydrogen (secondary N) is 2. The van der Waals surface area contributed by atoms with Crippen molar-refractivity contribution < 1.29 is 28.9 Å². The Bertz CT molecular complexity index is 331. The van der Waals surface area contributed by atoms with E-state index in [1.807, 2.05) is 0 Å². The Morgan fingerprint density at radius 3 is 2.57 bits per heavy atom. The molecule has 0 aromatic heterocycles. The molecule has 1 aliphatic rings. The highest BCUT2D eigenvalue weighted by atomic mass is 16.5. The number of carbonyl (C=O) groups is 2. The number of aliphatic carboxylic acids is 1. The van der Waals surface area contributed by atoms with E-state index >= 15 is 0 Å². The lowest BCUT2D eigenvalue weighted by atomic mass is 9.90. The number of carboxylic acids is 1. The Morgan fingerprint density at radius 1 is 1.24 bits per heavy atom. The summed E-state index contributed by atoms with van der Waals surface area (Å²) in [5, 5.41) is 14.4. The topological polar surface area (TPSA) is 106 Å². The summed E-state index contributed by atoms with van der Waals surface area (Å²) in [6, 6.07) is -0.500. The van der Waals surface area contributed by atoms with Crippen LogP contribution in [-0.4, -0.2) is 69.3 Å². The third kappa shape index (κ3) is 6.28. The Labute approximate surface area is 124 Å². The molecule has 0 saturated carbocycles. The lowest BCUT2D eigenvalue weighted by Crippen LogP contribution is -2.59. The van der Waals surface area contributed by atoms with E-state index in [0.717, 1.165) is 6.42 Å². The molecule has 0 atom stereocenters. The van der Waals surface area contributed by atoms with Gasteiger partial charge in [-0.1, -0.05) is 0 Å². The van der Waals surface area contributed by atoms with Gasteiger partial charge >= 0.3 is 12.0 Å². The molecule has 0 aromatic carbocycles. The fourth-order valence-corrected chi connectivity index (χ4v) is 2.02. The Morgan fingerprint density at radius 2 is 1.95 bits per heavy atom. The minimum Gasteiger partial charge on any atom is -0.480 e. The van der Waals surface area contributed by atoms with E-state index in [-0.39, 0.29) is 12.8 Å². The van der Waals surface area contributed by atoms with E-state index < -0.39 is 17.5 Å². The van der Waals surface area contributed by atoms with Gasteiger partial charge in [0, 0.05) is 52.9 Å². The van der Waals surface area contributed by atoms with Crippen LogP contribution in [0.25, 0.3) is 0 Å². The van der Waals surface area contributed by atoms with Crippen LogP contribution in [0.1, 0.15) is 19.3 Å². The summed E-state index contributed by atoms with van der Waals surface area (Å²) in [6.45, 7) is 2.56. The van der Waals surface area contributed by atoms with Gasteiger partial charge in [-0.05, 0) is 6.42 Å². The molecule has 1 saturated heterocycles. The van der Waals surface area contributed by atoms with E-state index in [9.17, 15) is 14.7 Å². The molecule has 1 aliphatic heterocycles. The third-order valence-electron chi connectivity index (χ3n) is 3.28. The molecule has 0 spiro atoms. The SMILES string of the molecule is COCCCOCCNC(=O)NC1(C(=O)O)CCOCC1. The van der Waals surface area contributed by atoms with E-state index in [1.54, 1.807) is 7.11 Å². The van der Waals surface area contributed by atoms with Crippen LogP contribution < -0.4 is 10.6 Å². The predicted molar refractivity (Wildman–Crippen MR) is 74.3 cm³/mol. The van der Waals surface area contributed by atoms with Crippen LogP contribution in [-0.2, 0) is 19.0 Å². The molecule has 8 nitrogen and oxygen atoms in total. The van der Waals surface area contributed by atoms with E-state index in [0.29, 0.717) is 39.6 Å². The molecule has 8 heteroatoms. The quantitative estimate of drug-likeness (QED) is 0.517. The van der Waals surface area contributed by atoms with Gasteiger partial charge in [0.05, 0.1) is 6.61 Å². The summed E-state index contributed by atoms with van der Waals surface area (Å²) in [5.74, 6) is -1.03. The highest BCUT2D eigenvalue weighted by Gasteiger charge is 2.41. The van der Waals surface area contributed by atoms with Crippen LogP contribution in [0, 0.1) is 0 Å². The van der Waals surface area contributed by atoms with E-state index in [1.165, 1.54) is 0 Å². The first kappa shape index (κ1) is 17.7. The van der Waals surface area contributed by atoms with Gasteiger partial charge in [0.15, 0.2) is 0 Å². The maximum Gasteiger partial charge on any atom is 0.329 e. The van der Waals surface area contributed by atoms with Gasteiger partial charge in [-0.15, -0.1) is 0 Å². The van der Waals surface area contributed by atoms with Crippen molar-refractivity contribution in [2.24, 2.45) is 0 Å². The molecule has 1 fully saturated rings. The summed E-state index contributed by atoms with van der Waals surface area (Å²) in [4.78, 5) is 23.1. The highest BCUT2D eigenvalue weighted by Crippen LogP contribution is 2.20. The van der Waals surface area contributed by atoms with Crippen LogP contribution in [0.3, 0.4) is 0 Å². The number of carbonyl (C=O) groups excluding carboxylic acids is 1. The summed E-state index contributed by atoms with van der Waals surface area (Å²) >= 11 is 0. The van der Waals surface area contributed by atoms with Gasteiger partial charge in [0.25, 0.3) is 0 Å². The zero-order valence-electron chi connectivity index (χ0n) is 12.4. The van der Waals surface area contributed by atoms with E-state index in [4.69, 9.17) is 14.2 Å². The van der Waals surface area contributed by atoms with Crippen molar-refractivity contribution >= 4 is 12.0 Å². The molecule has 3 N–H and O–H groups in total. The van der Waals surface area contributed by atoms with Crippen molar-refractivity contribution in [2.75, 3.05) is 46.7 Å². The van der Waals surface area contributed by atoms with Crippen molar-refractivity contribution in [2.45, 2.75) is 24.8 Å². The minimum atomic E-state index is -1.23. The van der Waals surface area contributed by atoms with Gasteiger partial charge < -0.3 is 30.0 Å². The van der Waals surface area contributed by atoms with Gasteiger partial charge in [-0.3, -0.25) is 0 Å². The molecule has 0 bridgehead atoms. The summed E-state index contributed by atoms with van der Waals surface area (Å²) < 4.78 is 15.3.